The molecular formula is C20H21ClN2O6. The number of benzene rings is 2. The summed E-state index contributed by atoms with van der Waals surface area (Å²) in [5, 5.41) is 4.90. The van der Waals surface area contributed by atoms with Crippen molar-refractivity contribution in [2.24, 2.45) is 0 Å². The number of halogens is 1. The van der Waals surface area contributed by atoms with E-state index in [2.05, 4.69) is 5.32 Å². The molecule has 0 aromatic heterocycles. The first-order chi connectivity index (χ1) is 13.8. The van der Waals surface area contributed by atoms with Gasteiger partial charge in [-0.2, -0.15) is 0 Å². The van der Waals surface area contributed by atoms with Crippen molar-refractivity contribution in [1.29, 1.82) is 0 Å². The largest absolute Gasteiger partial charge is 0.493 e. The van der Waals surface area contributed by atoms with Crippen LogP contribution in [0.3, 0.4) is 0 Å². The standard InChI is InChI=1S/C20H21ClN2O6/c1-12(18(24)23-20(26)22-2)29-19(25)14-6-9-16(17(10-14)27-3)28-11-13-4-7-15(21)8-5-13/h4-10,12H,11H2,1-3H3,(H2,22,23,24,26). The molecule has 29 heavy (non-hydrogen) atoms. The summed E-state index contributed by atoms with van der Waals surface area (Å²) in [6.07, 6.45) is -1.16. The van der Waals surface area contributed by atoms with Gasteiger partial charge in [-0.1, -0.05) is 23.7 Å². The fourth-order valence-electron chi connectivity index (χ4n) is 2.21. The van der Waals surface area contributed by atoms with E-state index in [4.69, 9.17) is 25.8 Å². The molecule has 2 aromatic rings. The van der Waals surface area contributed by atoms with Crippen molar-refractivity contribution in [2.75, 3.05) is 14.2 Å². The third kappa shape index (κ3) is 6.39. The van der Waals surface area contributed by atoms with Crippen LogP contribution in [0.1, 0.15) is 22.8 Å². The molecule has 0 fully saturated rings. The molecular weight excluding hydrogens is 400 g/mol. The first-order valence-corrected chi connectivity index (χ1v) is 9.00. The quantitative estimate of drug-likeness (QED) is 0.667. The van der Waals surface area contributed by atoms with Crippen LogP contribution in [-0.4, -0.2) is 38.2 Å². The van der Waals surface area contributed by atoms with E-state index in [9.17, 15) is 14.4 Å². The number of imide groups is 1. The number of methoxy groups -OCH3 is 1. The molecule has 2 N–H and O–H groups in total. The van der Waals surface area contributed by atoms with E-state index < -0.39 is 24.0 Å². The first-order valence-electron chi connectivity index (χ1n) is 8.63. The van der Waals surface area contributed by atoms with Gasteiger partial charge in [-0.3, -0.25) is 10.1 Å². The van der Waals surface area contributed by atoms with E-state index in [1.165, 1.54) is 33.2 Å². The molecule has 1 unspecified atom stereocenters. The van der Waals surface area contributed by atoms with Gasteiger partial charge in [0, 0.05) is 12.1 Å². The lowest BCUT2D eigenvalue weighted by molar-refractivity contribution is -0.127. The van der Waals surface area contributed by atoms with Crippen molar-refractivity contribution in [3.63, 3.8) is 0 Å². The van der Waals surface area contributed by atoms with Gasteiger partial charge >= 0.3 is 12.0 Å². The Kier molecular flexibility index (Phi) is 7.85. The van der Waals surface area contributed by atoms with Gasteiger partial charge in [0.2, 0.25) is 0 Å². The summed E-state index contributed by atoms with van der Waals surface area (Å²) in [6, 6.07) is 11.0. The Morgan fingerprint density at radius 1 is 1.07 bits per heavy atom. The van der Waals surface area contributed by atoms with Crippen molar-refractivity contribution in [2.45, 2.75) is 19.6 Å². The molecule has 0 aliphatic heterocycles. The van der Waals surface area contributed by atoms with Crippen LogP contribution in [0, 0.1) is 0 Å². The number of carbonyl (C=O) groups is 3. The zero-order chi connectivity index (χ0) is 21.4. The molecule has 0 saturated carbocycles. The summed E-state index contributed by atoms with van der Waals surface area (Å²) >= 11 is 5.86. The third-order valence-electron chi connectivity index (χ3n) is 3.82. The van der Waals surface area contributed by atoms with Gasteiger partial charge in [0.05, 0.1) is 12.7 Å². The van der Waals surface area contributed by atoms with E-state index in [-0.39, 0.29) is 12.2 Å². The van der Waals surface area contributed by atoms with Gasteiger partial charge < -0.3 is 19.5 Å². The lowest BCUT2D eigenvalue weighted by atomic mass is 10.2. The Balaban J connectivity index is 2.02. The summed E-state index contributed by atoms with van der Waals surface area (Å²) < 4.78 is 16.1. The molecule has 3 amide bonds. The molecule has 0 spiro atoms. The minimum atomic E-state index is -1.16. The van der Waals surface area contributed by atoms with E-state index in [0.29, 0.717) is 16.5 Å². The number of esters is 1. The second-order valence-corrected chi connectivity index (χ2v) is 6.33. The average molecular weight is 421 g/mol. The Hall–Kier alpha value is -3.26. The van der Waals surface area contributed by atoms with E-state index in [1.807, 2.05) is 17.4 Å². The van der Waals surface area contributed by atoms with E-state index in [1.54, 1.807) is 18.2 Å². The second-order valence-electron chi connectivity index (χ2n) is 5.90. The predicted octanol–water partition coefficient (Wildman–Crippen LogP) is 2.93. The van der Waals surface area contributed by atoms with Crippen molar-refractivity contribution >= 4 is 29.5 Å². The van der Waals surface area contributed by atoms with Gasteiger partial charge in [0.25, 0.3) is 5.91 Å². The summed E-state index contributed by atoms with van der Waals surface area (Å²) in [5.74, 6) is -0.722. The fourth-order valence-corrected chi connectivity index (χ4v) is 2.34. The molecule has 1 atom stereocenters. The maximum Gasteiger partial charge on any atom is 0.339 e. The summed E-state index contributed by atoms with van der Waals surface area (Å²) in [6.45, 7) is 1.64. The maximum absolute atomic E-state index is 12.3. The lowest BCUT2D eigenvalue weighted by Gasteiger charge is -2.14. The number of carbonyl (C=O) groups excluding carboxylic acids is 3. The van der Waals surface area contributed by atoms with Gasteiger partial charge in [0.1, 0.15) is 6.61 Å². The third-order valence-corrected chi connectivity index (χ3v) is 4.08. The van der Waals surface area contributed by atoms with Crippen LogP contribution >= 0.6 is 11.6 Å². The number of hydrogen-bond donors (Lipinski definition) is 2. The van der Waals surface area contributed by atoms with E-state index in [0.717, 1.165) is 5.56 Å². The second kappa shape index (κ2) is 10.3. The number of urea groups is 1. The van der Waals surface area contributed by atoms with Gasteiger partial charge in [-0.15, -0.1) is 0 Å². The minimum absolute atomic E-state index is 0.167. The highest BCUT2D eigenvalue weighted by Crippen LogP contribution is 2.29. The normalized spacial score (nSPS) is 11.2. The molecule has 154 valence electrons. The highest BCUT2D eigenvalue weighted by molar-refractivity contribution is 6.30. The van der Waals surface area contributed by atoms with E-state index >= 15 is 0 Å². The Bertz CT molecular complexity index is 885. The molecule has 0 aliphatic rings. The Morgan fingerprint density at radius 3 is 2.38 bits per heavy atom. The Morgan fingerprint density at radius 2 is 1.76 bits per heavy atom. The molecule has 2 aromatic carbocycles. The molecule has 9 heteroatoms. The Labute approximate surface area is 173 Å². The molecule has 0 radical (unpaired) electrons. The fraction of sp³-hybridized carbons (Fsp3) is 0.250. The number of ether oxygens (including phenoxy) is 3. The van der Waals surface area contributed by atoms with Gasteiger partial charge in [0.15, 0.2) is 17.6 Å². The topological polar surface area (TPSA) is 103 Å². The van der Waals surface area contributed by atoms with Crippen LogP contribution in [0.2, 0.25) is 5.02 Å². The highest BCUT2D eigenvalue weighted by Gasteiger charge is 2.21. The number of nitrogens with one attached hydrogen (secondary N) is 2. The van der Waals surface area contributed by atoms with Crippen LogP contribution in [-0.2, 0) is 16.1 Å². The smallest absolute Gasteiger partial charge is 0.339 e. The lowest BCUT2D eigenvalue weighted by Crippen LogP contribution is -2.43. The van der Waals surface area contributed by atoms with Crippen LogP contribution in [0.4, 0.5) is 4.79 Å². The molecule has 2 rings (SSSR count). The molecule has 0 bridgehead atoms. The zero-order valence-electron chi connectivity index (χ0n) is 16.2. The van der Waals surface area contributed by atoms with Gasteiger partial charge in [-0.05, 0) is 42.8 Å². The number of hydrogen-bond acceptors (Lipinski definition) is 6. The van der Waals surface area contributed by atoms with Crippen LogP contribution < -0.4 is 20.1 Å². The average Bonchev–Trinajstić information content (AvgIpc) is 2.72. The van der Waals surface area contributed by atoms with Crippen molar-refractivity contribution < 1.29 is 28.6 Å². The van der Waals surface area contributed by atoms with Crippen LogP contribution in [0.15, 0.2) is 42.5 Å². The summed E-state index contributed by atoms with van der Waals surface area (Å²) in [7, 11) is 2.81. The maximum atomic E-state index is 12.3. The molecule has 0 heterocycles. The highest BCUT2D eigenvalue weighted by atomic mass is 35.5. The predicted molar refractivity (Wildman–Crippen MR) is 106 cm³/mol. The zero-order valence-corrected chi connectivity index (χ0v) is 16.9. The number of amides is 3. The van der Waals surface area contributed by atoms with Crippen molar-refractivity contribution in [3.05, 3.63) is 58.6 Å². The molecule has 0 aliphatic carbocycles. The van der Waals surface area contributed by atoms with Crippen molar-refractivity contribution in [1.82, 2.24) is 10.6 Å². The van der Waals surface area contributed by atoms with Crippen LogP contribution in [0.25, 0.3) is 0 Å². The number of rotatable bonds is 7. The molecule has 8 nitrogen and oxygen atoms in total. The van der Waals surface area contributed by atoms with Crippen molar-refractivity contribution in [3.8, 4) is 11.5 Å². The monoisotopic (exact) mass is 420 g/mol. The van der Waals surface area contributed by atoms with Gasteiger partial charge in [-0.25, -0.2) is 9.59 Å². The molecule has 0 saturated heterocycles. The minimum Gasteiger partial charge on any atom is -0.493 e. The summed E-state index contributed by atoms with van der Waals surface area (Å²) in [5.41, 5.74) is 1.08. The van der Waals surface area contributed by atoms with Crippen LogP contribution in [0.5, 0.6) is 11.5 Å². The SMILES string of the molecule is CNC(=O)NC(=O)C(C)OC(=O)c1ccc(OCc2ccc(Cl)cc2)c(OC)c1. The first kappa shape index (κ1) is 22.0. The summed E-state index contributed by atoms with van der Waals surface area (Å²) in [4.78, 5) is 35.3.